The minimum absolute atomic E-state index is 0.187. The Morgan fingerprint density at radius 1 is 1.37 bits per heavy atom. The fraction of sp³-hybridized carbons (Fsp3) is 0.167. The molecular weight excluding hydrogens is 275 g/mol. The summed E-state index contributed by atoms with van der Waals surface area (Å²) in [6, 6.07) is 6.56. The summed E-state index contributed by atoms with van der Waals surface area (Å²) in [5.41, 5.74) is -1.07. The summed E-state index contributed by atoms with van der Waals surface area (Å²) in [5, 5.41) is -0.601. The van der Waals surface area contributed by atoms with Gasteiger partial charge in [0.2, 0.25) is 5.82 Å². The Morgan fingerprint density at radius 2 is 2.05 bits per heavy atom. The van der Waals surface area contributed by atoms with Crippen LogP contribution in [0.2, 0.25) is 5.15 Å². The largest absolute Gasteiger partial charge is 0.380 e. The van der Waals surface area contributed by atoms with Crippen molar-refractivity contribution in [2.45, 2.75) is 6.61 Å². The maximum atomic E-state index is 13.5. The minimum atomic E-state index is -1.20. The van der Waals surface area contributed by atoms with Crippen molar-refractivity contribution in [3.8, 4) is 5.69 Å². The number of methoxy groups -OCH3 is 1. The second-order valence-electron chi connectivity index (χ2n) is 3.76. The number of hydrogen-bond acceptors (Lipinski definition) is 3. The number of aromatic nitrogens is 2. The number of para-hydroxylation sites is 1. The summed E-state index contributed by atoms with van der Waals surface area (Å²) in [7, 11) is 1.48. The first kappa shape index (κ1) is 13.5. The maximum Gasteiger partial charge on any atom is 0.334 e. The van der Waals surface area contributed by atoms with E-state index in [1.807, 2.05) is 0 Å². The van der Waals surface area contributed by atoms with Crippen molar-refractivity contribution in [2.75, 3.05) is 7.11 Å². The lowest BCUT2D eigenvalue weighted by molar-refractivity contribution is 0.184. The molecule has 1 aromatic carbocycles. The van der Waals surface area contributed by atoms with E-state index >= 15 is 0 Å². The van der Waals surface area contributed by atoms with E-state index in [1.54, 1.807) is 18.2 Å². The molecule has 0 saturated heterocycles. The molecule has 0 radical (unpaired) electrons. The first-order valence-electron chi connectivity index (χ1n) is 5.33. The zero-order valence-electron chi connectivity index (χ0n) is 9.94. The molecule has 2 aromatic rings. The van der Waals surface area contributed by atoms with E-state index in [-0.39, 0.29) is 12.3 Å². The predicted molar refractivity (Wildman–Crippen MR) is 68.3 cm³/mol. The van der Waals surface area contributed by atoms with Crippen LogP contribution in [0.4, 0.5) is 4.39 Å². The van der Waals surface area contributed by atoms with Gasteiger partial charge in [-0.15, -0.1) is 0 Å². The van der Waals surface area contributed by atoms with Crippen LogP contribution < -0.4 is 11.2 Å². The van der Waals surface area contributed by atoms with Crippen LogP contribution in [0.1, 0.15) is 5.56 Å². The van der Waals surface area contributed by atoms with Crippen molar-refractivity contribution in [3.05, 3.63) is 61.6 Å². The number of H-pyrrole nitrogens is 1. The van der Waals surface area contributed by atoms with Gasteiger partial charge >= 0.3 is 5.69 Å². The molecule has 2 rings (SSSR count). The highest BCUT2D eigenvalue weighted by Gasteiger charge is 2.15. The van der Waals surface area contributed by atoms with Crippen molar-refractivity contribution in [1.82, 2.24) is 9.55 Å². The van der Waals surface area contributed by atoms with Crippen LogP contribution in [-0.2, 0) is 11.3 Å². The van der Waals surface area contributed by atoms with Gasteiger partial charge in [-0.3, -0.25) is 9.78 Å². The topological polar surface area (TPSA) is 64.1 Å². The van der Waals surface area contributed by atoms with Gasteiger partial charge in [0.1, 0.15) is 0 Å². The lowest BCUT2D eigenvalue weighted by Gasteiger charge is -2.10. The molecule has 0 aliphatic rings. The first-order chi connectivity index (χ1) is 9.06. The highest BCUT2D eigenvalue weighted by Crippen LogP contribution is 2.13. The summed E-state index contributed by atoms with van der Waals surface area (Å²) in [4.78, 5) is 25.7. The number of rotatable bonds is 3. The lowest BCUT2D eigenvalue weighted by atomic mass is 10.2. The summed E-state index contributed by atoms with van der Waals surface area (Å²) >= 11 is 5.41. The third-order valence-corrected chi connectivity index (χ3v) is 2.80. The van der Waals surface area contributed by atoms with Crippen molar-refractivity contribution >= 4 is 11.6 Å². The Labute approximate surface area is 112 Å². The van der Waals surface area contributed by atoms with E-state index in [9.17, 15) is 14.0 Å². The first-order valence-corrected chi connectivity index (χ1v) is 5.71. The number of nitrogens with zero attached hydrogens (tertiary/aromatic N) is 1. The standard InChI is InChI=1S/C12H10ClFN2O3/c1-19-6-7-4-2-3-5-8(7)16-11(17)9(14)10(13)15-12(16)18/h2-5H,6H2,1H3,(H,15,18). The third-order valence-electron chi connectivity index (χ3n) is 2.54. The van der Waals surface area contributed by atoms with Crippen molar-refractivity contribution in [2.24, 2.45) is 0 Å². The molecule has 5 nitrogen and oxygen atoms in total. The number of aromatic amines is 1. The SMILES string of the molecule is COCc1ccccc1-n1c(=O)[nH]c(Cl)c(F)c1=O. The van der Waals surface area contributed by atoms with E-state index in [2.05, 4.69) is 4.98 Å². The highest BCUT2D eigenvalue weighted by atomic mass is 35.5. The monoisotopic (exact) mass is 284 g/mol. The molecule has 0 unspecified atom stereocenters. The Hall–Kier alpha value is -1.92. The molecule has 19 heavy (non-hydrogen) atoms. The molecule has 100 valence electrons. The van der Waals surface area contributed by atoms with Gasteiger partial charge in [-0.05, 0) is 6.07 Å². The van der Waals surface area contributed by atoms with Crippen LogP contribution in [0, 0.1) is 5.82 Å². The molecule has 1 N–H and O–H groups in total. The molecular formula is C12H10ClFN2O3. The second-order valence-corrected chi connectivity index (χ2v) is 4.14. The Kier molecular flexibility index (Phi) is 3.82. The fourth-order valence-electron chi connectivity index (χ4n) is 1.71. The minimum Gasteiger partial charge on any atom is -0.380 e. The number of benzene rings is 1. The Bertz CT molecular complexity index is 724. The summed E-state index contributed by atoms with van der Waals surface area (Å²) < 4.78 is 19.2. The normalized spacial score (nSPS) is 10.7. The molecule has 7 heteroatoms. The van der Waals surface area contributed by atoms with Crippen LogP contribution >= 0.6 is 11.6 Å². The molecule has 0 bridgehead atoms. The molecule has 0 atom stereocenters. The zero-order valence-corrected chi connectivity index (χ0v) is 10.7. The molecule has 0 aliphatic carbocycles. The van der Waals surface area contributed by atoms with E-state index in [4.69, 9.17) is 16.3 Å². The third kappa shape index (κ3) is 2.45. The summed E-state index contributed by atoms with van der Waals surface area (Å²) in [5.74, 6) is -1.20. The van der Waals surface area contributed by atoms with Gasteiger partial charge in [0.25, 0.3) is 5.56 Å². The average Bonchev–Trinajstić information content (AvgIpc) is 2.38. The van der Waals surface area contributed by atoms with Crippen LogP contribution in [0.25, 0.3) is 5.69 Å². The van der Waals surface area contributed by atoms with Crippen LogP contribution in [0.15, 0.2) is 33.9 Å². The number of hydrogen-bond donors (Lipinski definition) is 1. The quantitative estimate of drug-likeness (QED) is 0.868. The molecule has 1 heterocycles. The molecule has 0 spiro atoms. The van der Waals surface area contributed by atoms with E-state index in [1.165, 1.54) is 13.2 Å². The summed E-state index contributed by atoms with van der Waals surface area (Å²) in [6.45, 7) is 0.187. The van der Waals surface area contributed by atoms with E-state index < -0.39 is 22.2 Å². The van der Waals surface area contributed by atoms with Crippen LogP contribution in [0.3, 0.4) is 0 Å². The van der Waals surface area contributed by atoms with Gasteiger partial charge in [-0.25, -0.2) is 9.36 Å². The lowest BCUT2D eigenvalue weighted by Crippen LogP contribution is -2.36. The van der Waals surface area contributed by atoms with Crippen molar-refractivity contribution < 1.29 is 9.13 Å². The van der Waals surface area contributed by atoms with Gasteiger partial charge in [0.05, 0.1) is 12.3 Å². The number of ether oxygens (including phenoxy) is 1. The molecule has 0 saturated carbocycles. The average molecular weight is 285 g/mol. The van der Waals surface area contributed by atoms with Gasteiger partial charge in [-0.1, -0.05) is 29.8 Å². The van der Waals surface area contributed by atoms with E-state index in [0.717, 1.165) is 0 Å². The van der Waals surface area contributed by atoms with Crippen molar-refractivity contribution in [3.63, 3.8) is 0 Å². The maximum absolute atomic E-state index is 13.5. The second kappa shape index (κ2) is 5.38. The van der Waals surface area contributed by atoms with Gasteiger partial charge in [-0.2, -0.15) is 4.39 Å². The van der Waals surface area contributed by atoms with Gasteiger partial charge < -0.3 is 4.74 Å². The van der Waals surface area contributed by atoms with Crippen LogP contribution in [-0.4, -0.2) is 16.7 Å². The van der Waals surface area contributed by atoms with E-state index in [0.29, 0.717) is 10.1 Å². The molecule has 0 amide bonds. The predicted octanol–water partition coefficient (Wildman–Crippen LogP) is 1.46. The Balaban J connectivity index is 2.77. The molecule has 0 aliphatic heterocycles. The van der Waals surface area contributed by atoms with Gasteiger partial charge in [0.15, 0.2) is 5.15 Å². The number of nitrogens with one attached hydrogen (secondary N) is 1. The smallest absolute Gasteiger partial charge is 0.334 e. The zero-order chi connectivity index (χ0) is 14.0. The molecule has 1 aromatic heterocycles. The van der Waals surface area contributed by atoms with Crippen LogP contribution in [0.5, 0.6) is 0 Å². The van der Waals surface area contributed by atoms with Gasteiger partial charge in [0, 0.05) is 12.7 Å². The highest BCUT2D eigenvalue weighted by molar-refractivity contribution is 6.29. The molecule has 0 fully saturated rings. The Morgan fingerprint density at radius 3 is 2.74 bits per heavy atom. The van der Waals surface area contributed by atoms with Crippen molar-refractivity contribution in [1.29, 1.82) is 0 Å². The summed E-state index contributed by atoms with van der Waals surface area (Å²) in [6.07, 6.45) is 0. The fourth-order valence-corrected chi connectivity index (χ4v) is 1.88. The number of halogens is 2.